The van der Waals surface area contributed by atoms with Gasteiger partial charge in [0.2, 0.25) is 0 Å². The fourth-order valence-electron chi connectivity index (χ4n) is 0.669. The van der Waals surface area contributed by atoms with Crippen LogP contribution in [0.1, 0.15) is 20.8 Å². The van der Waals surface area contributed by atoms with Crippen molar-refractivity contribution < 1.29 is 14.3 Å². The largest absolute Gasteiger partial charge is 0.466 e. The third kappa shape index (κ3) is 3.37. The van der Waals surface area contributed by atoms with E-state index >= 15 is 0 Å². The Morgan fingerprint density at radius 3 is 2.36 bits per heavy atom. The zero-order valence-electron chi connectivity index (χ0n) is 7.59. The van der Waals surface area contributed by atoms with Gasteiger partial charge in [-0.2, -0.15) is 0 Å². The Kier molecular flexibility index (Phi) is 4.86. The smallest absolute Gasteiger partial charge is 0.311 e. The average Bonchev–Trinajstić information content (AvgIpc) is 2.02. The molecule has 0 aromatic rings. The summed E-state index contributed by atoms with van der Waals surface area (Å²) in [5.41, 5.74) is 0. The van der Waals surface area contributed by atoms with Gasteiger partial charge in [0.15, 0.2) is 0 Å². The van der Waals surface area contributed by atoms with Crippen LogP contribution in [0.4, 0.5) is 0 Å². The number of carbonyl (C=O) groups excluding carboxylic acids is 1. The fraction of sp³-hybridized carbons (Fsp3) is 0.875. The van der Waals surface area contributed by atoms with Crippen LogP contribution in [0.25, 0.3) is 0 Å². The molecule has 3 heteroatoms. The van der Waals surface area contributed by atoms with Gasteiger partial charge in [0.05, 0.1) is 18.6 Å². The van der Waals surface area contributed by atoms with Gasteiger partial charge in [-0.15, -0.1) is 0 Å². The highest BCUT2D eigenvalue weighted by Crippen LogP contribution is 2.07. The van der Waals surface area contributed by atoms with Crippen molar-refractivity contribution in [2.45, 2.75) is 26.9 Å². The first-order chi connectivity index (χ1) is 5.13. The van der Waals surface area contributed by atoms with E-state index in [1.807, 2.05) is 6.92 Å². The van der Waals surface area contributed by atoms with E-state index in [0.29, 0.717) is 6.61 Å². The third-order valence-electron chi connectivity index (χ3n) is 1.73. The first-order valence-electron chi connectivity index (χ1n) is 3.82. The summed E-state index contributed by atoms with van der Waals surface area (Å²) >= 11 is 0. The van der Waals surface area contributed by atoms with Crippen LogP contribution in [0.15, 0.2) is 0 Å². The first kappa shape index (κ1) is 10.4. The SMILES string of the molecule is CCOC(=O)C(C)C(C)OC. The van der Waals surface area contributed by atoms with Gasteiger partial charge in [-0.3, -0.25) is 4.79 Å². The number of esters is 1. The van der Waals surface area contributed by atoms with E-state index in [2.05, 4.69) is 0 Å². The Balaban J connectivity index is 3.80. The summed E-state index contributed by atoms with van der Waals surface area (Å²) in [6.45, 7) is 5.87. The maximum absolute atomic E-state index is 11.0. The molecular formula is C8H16O3. The van der Waals surface area contributed by atoms with Crippen LogP contribution < -0.4 is 0 Å². The van der Waals surface area contributed by atoms with Crippen LogP contribution >= 0.6 is 0 Å². The normalized spacial score (nSPS) is 15.6. The lowest BCUT2D eigenvalue weighted by molar-refractivity contribution is -0.151. The topological polar surface area (TPSA) is 35.5 Å². The van der Waals surface area contributed by atoms with E-state index in [1.54, 1.807) is 21.0 Å². The molecular weight excluding hydrogens is 144 g/mol. The molecule has 0 radical (unpaired) electrons. The zero-order valence-corrected chi connectivity index (χ0v) is 7.59. The number of hydrogen-bond acceptors (Lipinski definition) is 3. The van der Waals surface area contributed by atoms with Crippen molar-refractivity contribution in [2.24, 2.45) is 5.92 Å². The molecule has 0 aliphatic heterocycles. The van der Waals surface area contributed by atoms with E-state index < -0.39 is 0 Å². The van der Waals surface area contributed by atoms with E-state index in [0.717, 1.165) is 0 Å². The molecule has 0 saturated carbocycles. The van der Waals surface area contributed by atoms with Crippen LogP contribution in [0.2, 0.25) is 0 Å². The van der Waals surface area contributed by atoms with Gasteiger partial charge in [-0.1, -0.05) is 0 Å². The minimum atomic E-state index is -0.193. The van der Waals surface area contributed by atoms with Crippen LogP contribution in [-0.2, 0) is 14.3 Å². The summed E-state index contributed by atoms with van der Waals surface area (Å²) in [7, 11) is 1.58. The van der Waals surface area contributed by atoms with Crippen molar-refractivity contribution in [1.82, 2.24) is 0 Å². The Morgan fingerprint density at radius 2 is 2.00 bits per heavy atom. The van der Waals surface area contributed by atoms with E-state index in [1.165, 1.54) is 0 Å². The van der Waals surface area contributed by atoms with Gasteiger partial charge >= 0.3 is 5.97 Å². The van der Waals surface area contributed by atoms with Gasteiger partial charge < -0.3 is 9.47 Å². The molecule has 0 fully saturated rings. The predicted octanol–water partition coefficient (Wildman–Crippen LogP) is 1.22. The monoisotopic (exact) mass is 160 g/mol. The van der Waals surface area contributed by atoms with Crippen molar-refractivity contribution in [3.8, 4) is 0 Å². The highest BCUT2D eigenvalue weighted by molar-refractivity contribution is 5.72. The number of methoxy groups -OCH3 is 1. The molecule has 2 unspecified atom stereocenters. The minimum absolute atomic E-state index is 0.0750. The second-order valence-corrected chi connectivity index (χ2v) is 2.48. The molecule has 0 bridgehead atoms. The lowest BCUT2D eigenvalue weighted by Gasteiger charge is -2.16. The molecule has 0 rings (SSSR count). The maximum atomic E-state index is 11.0. The van der Waals surface area contributed by atoms with Crippen LogP contribution in [0, 0.1) is 5.92 Å². The minimum Gasteiger partial charge on any atom is -0.466 e. The van der Waals surface area contributed by atoms with Gasteiger partial charge in [0.25, 0.3) is 0 Å². The Hall–Kier alpha value is -0.570. The van der Waals surface area contributed by atoms with Gasteiger partial charge in [-0.25, -0.2) is 0 Å². The van der Waals surface area contributed by atoms with Crippen molar-refractivity contribution in [2.75, 3.05) is 13.7 Å². The molecule has 66 valence electrons. The lowest BCUT2D eigenvalue weighted by Crippen LogP contribution is -2.26. The Bertz CT molecular complexity index is 123. The van der Waals surface area contributed by atoms with Crippen LogP contribution in [-0.4, -0.2) is 25.8 Å². The molecule has 0 aromatic carbocycles. The number of carbonyl (C=O) groups is 1. The van der Waals surface area contributed by atoms with Gasteiger partial charge in [-0.05, 0) is 20.8 Å². The van der Waals surface area contributed by atoms with Gasteiger partial charge in [0, 0.05) is 7.11 Å². The predicted molar refractivity (Wildman–Crippen MR) is 42.3 cm³/mol. The van der Waals surface area contributed by atoms with Crippen molar-refractivity contribution in [3.63, 3.8) is 0 Å². The van der Waals surface area contributed by atoms with Crippen molar-refractivity contribution >= 4 is 5.97 Å². The zero-order chi connectivity index (χ0) is 8.85. The Labute approximate surface area is 67.7 Å². The summed E-state index contributed by atoms with van der Waals surface area (Å²) in [6, 6.07) is 0. The summed E-state index contributed by atoms with van der Waals surface area (Å²) in [6.07, 6.45) is -0.0750. The quantitative estimate of drug-likeness (QED) is 0.580. The van der Waals surface area contributed by atoms with E-state index in [-0.39, 0.29) is 18.0 Å². The standard InChI is InChI=1S/C8H16O3/c1-5-11-8(9)6(2)7(3)10-4/h6-7H,5H2,1-4H3. The highest BCUT2D eigenvalue weighted by Gasteiger charge is 2.20. The Morgan fingerprint density at radius 1 is 1.45 bits per heavy atom. The molecule has 0 spiro atoms. The summed E-state index contributed by atoms with van der Waals surface area (Å²) < 4.78 is 9.79. The average molecular weight is 160 g/mol. The van der Waals surface area contributed by atoms with Crippen LogP contribution in [0.3, 0.4) is 0 Å². The summed E-state index contributed by atoms with van der Waals surface area (Å²) in [4.78, 5) is 11.0. The van der Waals surface area contributed by atoms with E-state index in [9.17, 15) is 4.79 Å². The van der Waals surface area contributed by atoms with Crippen molar-refractivity contribution in [1.29, 1.82) is 0 Å². The van der Waals surface area contributed by atoms with Gasteiger partial charge in [0.1, 0.15) is 0 Å². The third-order valence-corrected chi connectivity index (χ3v) is 1.73. The summed E-state index contributed by atoms with van der Waals surface area (Å²) in [5, 5.41) is 0. The number of hydrogen-bond donors (Lipinski definition) is 0. The molecule has 0 saturated heterocycles. The first-order valence-corrected chi connectivity index (χ1v) is 3.82. The molecule has 3 nitrogen and oxygen atoms in total. The molecule has 11 heavy (non-hydrogen) atoms. The molecule has 0 aliphatic rings. The second kappa shape index (κ2) is 5.13. The van der Waals surface area contributed by atoms with E-state index in [4.69, 9.17) is 9.47 Å². The molecule has 0 aromatic heterocycles. The van der Waals surface area contributed by atoms with Crippen LogP contribution in [0.5, 0.6) is 0 Å². The number of ether oxygens (including phenoxy) is 2. The molecule has 2 atom stereocenters. The maximum Gasteiger partial charge on any atom is 0.311 e. The molecule has 0 amide bonds. The fourth-order valence-corrected chi connectivity index (χ4v) is 0.669. The molecule has 0 heterocycles. The molecule has 0 N–H and O–H groups in total. The molecule has 0 aliphatic carbocycles. The summed E-state index contributed by atoms with van der Waals surface area (Å²) in [5.74, 6) is -0.373. The highest BCUT2D eigenvalue weighted by atomic mass is 16.5. The lowest BCUT2D eigenvalue weighted by atomic mass is 10.1. The number of rotatable bonds is 4. The second-order valence-electron chi connectivity index (χ2n) is 2.48. The van der Waals surface area contributed by atoms with Crippen molar-refractivity contribution in [3.05, 3.63) is 0 Å².